The molecule has 0 unspecified atom stereocenters. The van der Waals surface area contributed by atoms with Gasteiger partial charge in [-0.2, -0.15) is 0 Å². The number of H-pyrrole nitrogens is 1. The first-order chi connectivity index (χ1) is 12.9. The van der Waals surface area contributed by atoms with Gasteiger partial charge in [0.2, 0.25) is 0 Å². The monoisotopic (exact) mass is 401 g/mol. The number of rotatable bonds is 4. The fraction of sp³-hybridized carbons (Fsp3) is 0.0556. The number of halogens is 1. The van der Waals surface area contributed by atoms with Crippen molar-refractivity contribution >= 4 is 35.5 Å². The molecule has 1 aromatic heterocycles. The van der Waals surface area contributed by atoms with E-state index in [4.69, 9.17) is 28.6 Å². The molecule has 136 valence electrons. The summed E-state index contributed by atoms with van der Waals surface area (Å²) in [5, 5.41) is 11.2. The van der Waals surface area contributed by atoms with Crippen molar-refractivity contribution in [3.05, 3.63) is 74.0 Å². The Kier molecular flexibility index (Phi) is 5.29. The number of aromatic nitrogens is 2. The van der Waals surface area contributed by atoms with Gasteiger partial charge in [-0.05, 0) is 23.8 Å². The molecule has 2 aromatic carbocycles. The summed E-state index contributed by atoms with van der Waals surface area (Å²) in [6.07, 6.45) is 0. The van der Waals surface area contributed by atoms with Crippen LogP contribution in [0.3, 0.4) is 0 Å². The van der Waals surface area contributed by atoms with Crippen molar-refractivity contribution < 1.29 is 14.5 Å². The Hall–Kier alpha value is -3.10. The fourth-order valence-electron chi connectivity index (χ4n) is 2.60. The fourth-order valence-corrected chi connectivity index (χ4v) is 2.98. The van der Waals surface area contributed by atoms with Gasteiger partial charge in [0, 0.05) is 11.6 Å². The summed E-state index contributed by atoms with van der Waals surface area (Å²) in [6.45, 7) is 0. The zero-order chi connectivity index (χ0) is 19.6. The third-order valence-electron chi connectivity index (χ3n) is 3.80. The summed E-state index contributed by atoms with van der Waals surface area (Å²) in [5.41, 5.74) is 1.42. The predicted molar refractivity (Wildman–Crippen MR) is 103 cm³/mol. The number of aromatic amines is 1. The van der Waals surface area contributed by atoms with Crippen LogP contribution >= 0.6 is 23.8 Å². The minimum absolute atomic E-state index is 0.0206. The maximum absolute atomic E-state index is 12.5. The molecule has 3 aromatic rings. The molecule has 0 spiro atoms. The molecule has 27 heavy (non-hydrogen) atoms. The largest absolute Gasteiger partial charge is 0.465 e. The number of nitro benzene ring substituents is 1. The van der Waals surface area contributed by atoms with E-state index in [0.29, 0.717) is 16.8 Å². The first kappa shape index (κ1) is 18.7. The van der Waals surface area contributed by atoms with Gasteiger partial charge in [-0.15, -0.1) is 0 Å². The number of hydrogen-bond donors (Lipinski definition) is 1. The molecular weight excluding hydrogens is 390 g/mol. The zero-order valence-electron chi connectivity index (χ0n) is 13.9. The number of nitrogens with one attached hydrogen (secondary N) is 1. The second-order valence-electron chi connectivity index (χ2n) is 5.42. The van der Waals surface area contributed by atoms with Gasteiger partial charge in [-0.25, -0.2) is 9.78 Å². The number of benzene rings is 2. The van der Waals surface area contributed by atoms with Crippen molar-refractivity contribution in [3.63, 3.8) is 0 Å². The topological polar surface area (TPSA) is 98.1 Å². The maximum Gasteiger partial charge on any atom is 0.342 e. The maximum atomic E-state index is 12.5. The first-order valence-electron chi connectivity index (χ1n) is 7.64. The predicted octanol–water partition coefficient (Wildman–Crippen LogP) is 4.82. The second-order valence-corrected chi connectivity index (χ2v) is 6.22. The Morgan fingerprint density at radius 1 is 1.22 bits per heavy atom. The van der Waals surface area contributed by atoms with Crippen LogP contribution in [0.4, 0.5) is 5.69 Å². The van der Waals surface area contributed by atoms with Crippen LogP contribution in [-0.2, 0) is 4.74 Å². The van der Waals surface area contributed by atoms with Crippen LogP contribution in [0.15, 0.2) is 48.5 Å². The average Bonchev–Trinajstić information content (AvgIpc) is 2.67. The highest BCUT2D eigenvalue weighted by Crippen LogP contribution is 2.34. The van der Waals surface area contributed by atoms with Crippen molar-refractivity contribution in [2.75, 3.05) is 7.11 Å². The lowest BCUT2D eigenvalue weighted by Gasteiger charge is -2.13. The number of carbonyl (C=O) groups excluding carboxylic acids is 1. The van der Waals surface area contributed by atoms with Crippen LogP contribution in [0.1, 0.15) is 10.4 Å². The van der Waals surface area contributed by atoms with Gasteiger partial charge in [-0.1, -0.05) is 48.0 Å². The van der Waals surface area contributed by atoms with Crippen LogP contribution in [0.5, 0.6) is 0 Å². The van der Waals surface area contributed by atoms with Gasteiger partial charge < -0.3 is 9.72 Å². The highest BCUT2D eigenvalue weighted by molar-refractivity contribution is 7.71. The minimum atomic E-state index is -0.653. The molecule has 0 atom stereocenters. The summed E-state index contributed by atoms with van der Waals surface area (Å²) >= 11 is 11.1. The van der Waals surface area contributed by atoms with E-state index < -0.39 is 10.9 Å². The van der Waals surface area contributed by atoms with Crippen molar-refractivity contribution in [3.8, 4) is 22.5 Å². The molecule has 3 rings (SSSR count). The van der Waals surface area contributed by atoms with E-state index in [2.05, 4.69) is 9.97 Å². The standard InChI is InChI=1S/C18H12ClN3O4S/c1-26-17(23)14-15(10-5-3-2-4-6-10)20-18(27)21-16(14)11-7-8-12(19)13(9-11)22(24)25/h2-9H,1H3,(H,20,21,27). The summed E-state index contributed by atoms with van der Waals surface area (Å²) in [4.78, 5) is 30.3. The number of ether oxygens (including phenoxy) is 1. The Morgan fingerprint density at radius 3 is 2.56 bits per heavy atom. The van der Waals surface area contributed by atoms with Crippen molar-refractivity contribution in [1.29, 1.82) is 0 Å². The van der Waals surface area contributed by atoms with Gasteiger partial charge in [0.25, 0.3) is 5.69 Å². The average molecular weight is 402 g/mol. The molecule has 9 heteroatoms. The molecule has 0 aliphatic heterocycles. The van der Waals surface area contributed by atoms with E-state index in [1.807, 2.05) is 6.07 Å². The number of carbonyl (C=O) groups is 1. The van der Waals surface area contributed by atoms with E-state index in [9.17, 15) is 14.9 Å². The van der Waals surface area contributed by atoms with Crippen LogP contribution in [0.2, 0.25) is 5.02 Å². The lowest BCUT2D eigenvalue weighted by atomic mass is 10.00. The molecule has 0 amide bonds. The lowest BCUT2D eigenvalue weighted by Crippen LogP contribution is -2.10. The van der Waals surface area contributed by atoms with Gasteiger partial charge in [0.1, 0.15) is 10.6 Å². The summed E-state index contributed by atoms with van der Waals surface area (Å²) < 4.78 is 5.03. The number of hydrogen-bond acceptors (Lipinski definition) is 6. The Bertz CT molecular complexity index is 1100. The summed E-state index contributed by atoms with van der Waals surface area (Å²) in [6, 6.07) is 13.2. The molecule has 0 aliphatic carbocycles. The number of nitro groups is 1. The number of nitrogens with zero attached hydrogens (tertiary/aromatic N) is 2. The molecule has 0 saturated heterocycles. The van der Waals surface area contributed by atoms with Gasteiger partial charge >= 0.3 is 5.97 Å². The van der Waals surface area contributed by atoms with Gasteiger partial charge in [-0.3, -0.25) is 10.1 Å². The van der Waals surface area contributed by atoms with E-state index in [-0.39, 0.29) is 26.7 Å². The third kappa shape index (κ3) is 3.71. The van der Waals surface area contributed by atoms with Crippen molar-refractivity contribution in [2.45, 2.75) is 0 Å². The molecule has 0 saturated carbocycles. The van der Waals surface area contributed by atoms with Crippen LogP contribution in [-0.4, -0.2) is 28.0 Å². The van der Waals surface area contributed by atoms with E-state index in [0.717, 1.165) is 0 Å². The molecule has 7 nitrogen and oxygen atoms in total. The highest BCUT2D eigenvalue weighted by atomic mass is 35.5. The van der Waals surface area contributed by atoms with Crippen LogP contribution < -0.4 is 0 Å². The number of methoxy groups -OCH3 is 1. The lowest BCUT2D eigenvalue weighted by molar-refractivity contribution is -0.384. The summed E-state index contributed by atoms with van der Waals surface area (Å²) in [5.74, 6) is -0.653. The molecule has 0 radical (unpaired) electrons. The molecule has 0 bridgehead atoms. The Balaban J connectivity index is 2.35. The molecular formula is C18H12ClN3O4S. The quantitative estimate of drug-likeness (QED) is 0.291. The first-order valence-corrected chi connectivity index (χ1v) is 8.43. The number of esters is 1. The van der Waals surface area contributed by atoms with Crippen molar-refractivity contribution in [1.82, 2.24) is 9.97 Å². The molecule has 0 aliphatic rings. The SMILES string of the molecule is COC(=O)c1c(-c2ccc(Cl)c([N+](=O)[O-])c2)nc(=S)[nH]c1-c1ccccc1. The van der Waals surface area contributed by atoms with E-state index >= 15 is 0 Å². The minimum Gasteiger partial charge on any atom is -0.465 e. The Morgan fingerprint density at radius 2 is 1.93 bits per heavy atom. The van der Waals surface area contributed by atoms with Gasteiger partial charge in [0.05, 0.1) is 23.4 Å². The second kappa shape index (κ2) is 7.65. The summed E-state index contributed by atoms with van der Waals surface area (Å²) in [7, 11) is 1.24. The molecule has 1 N–H and O–H groups in total. The van der Waals surface area contributed by atoms with Crippen LogP contribution in [0, 0.1) is 14.9 Å². The zero-order valence-corrected chi connectivity index (χ0v) is 15.5. The van der Waals surface area contributed by atoms with E-state index in [1.165, 1.54) is 25.3 Å². The highest BCUT2D eigenvalue weighted by Gasteiger charge is 2.24. The van der Waals surface area contributed by atoms with E-state index in [1.54, 1.807) is 24.3 Å². The Labute approximate surface area is 163 Å². The van der Waals surface area contributed by atoms with Gasteiger partial charge in [0.15, 0.2) is 4.77 Å². The van der Waals surface area contributed by atoms with Crippen molar-refractivity contribution in [2.24, 2.45) is 0 Å². The third-order valence-corrected chi connectivity index (χ3v) is 4.31. The molecule has 0 fully saturated rings. The van der Waals surface area contributed by atoms with Crippen LogP contribution in [0.25, 0.3) is 22.5 Å². The molecule has 1 heterocycles. The normalized spacial score (nSPS) is 10.4. The smallest absolute Gasteiger partial charge is 0.342 e.